The van der Waals surface area contributed by atoms with Crippen molar-refractivity contribution in [2.24, 2.45) is 5.92 Å². The van der Waals surface area contributed by atoms with E-state index in [-0.39, 0.29) is 0 Å². The Labute approximate surface area is 105 Å². The first-order valence-corrected chi connectivity index (χ1v) is 7.16. The summed E-state index contributed by atoms with van der Waals surface area (Å²) in [6.07, 6.45) is 4.50. The van der Waals surface area contributed by atoms with Crippen molar-refractivity contribution in [1.29, 1.82) is 0 Å². The maximum Gasteiger partial charge on any atom is 0.172 e. The summed E-state index contributed by atoms with van der Waals surface area (Å²) in [7, 11) is 0. The molecule has 0 aliphatic carbocycles. The molecule has 0 bridgehead atoms. The molecule has 1 aromatic carbocycles. The van der Waals surface area contributed by atoms with Crippen LogP contribution in [0.15, 0.2) is 17.0 Å². The van der Waals surface area contributed by atoms with Gasteiger partial charge in [0.1, 0.15) is 0 Å². The van der Waals surface area contributed by atoms with Gasteiger partial charge in [0.05, 0.1) is 0 Å². The van der Waals surface area contributed by atoms with E-state index >= 15 is 0 Å². The molecular formula is C13H17F2NS. The zero-order chi connectivity index (χ0) is 12.3. The van der Waals surface area contributed by atoms with Gasteiger partial charge < -0.3 is 5.32 Å². The van der Waals surface area contributed by atoms with Crippen LogP contribution in [0.1, 0.15) is 18.4 Å². The smallest absolute Gasteiger partial charge is 0.172 e. The largest absolute Gasteiger partial charge is 0.317 e. The van der Waals surface area contributed by atoms with Crippen molar-refractivity contribution in [3.63, 3.8) is 0 Å². The van der Waals surface area contributed by atoms with E-state index in [2.05, 4.69) is 5.32 Å². The van der Waals surface area contributed by atoms with Gasteiger partial charge in [0.15, 0.2) is 11.6 Å². The second-order valence-corrected chi connectivity index (χ2v) is 5.30. The van der Waals surface area contributed by atoms with Crippen LogP contribution in [0.4, 0.5) is 8.78 Å². The number of rotatable bonds is 3. The van der Waals surface area contributed by atoms with Crippen LogP contribution in [-0.2, 0) is 6.42 Å². The van der Waals surface area contributed by atoms with Crippen LogP contribution in [0.25, 0.3) is 0 Å². The van der Waals surface area contributed by atoms with Crippen LogP contribution in [0.5, 0.6) is 0 Å². The lowest BCUT2D eigenvalue weighted by molar-refractivity contribution is 0.365. The van der Waals surface area contributed by atoms with Crippen LogP contribution in [0.3, 0.4) is 0 Å². The van der Waals surface area contributed by atoms with E-state index in [1.54, 1.807) is 18.4 Å². The van der Waals surface area contributed by atoms with Crippen molar-refractivity contribution in [3.05, 3.63) is 29.3 Å². The second-order valence-electron chi connectivity index (χ2n) is 4.45. The van der Waals surface area contributed by atoms with Crippen molar-refractivity contribution in [1.82, 2.24) is 5.32 Å². The third-order valence-electron chi connectivity index (χ3n) is 3.31. The fourth-order valence-electron chi connectivity index (χ4n) is 2.28. The first kappa shape index (κ1) is 12.8. The Kier molecular flexibility index (Phi) is 4.40. The van der Waals surface area contributed by atoms with Crippen LogP contribution in [-0.4, -0.2) is 19.3 Å². The van der Waals surface area contributed by atoms with Crippen LogP contribution in [0.2, 0.25) is 0 Å². The maximum absolute atomic E-state index is 13.8. The molecule has 1 N–H and O–H groups in total. The summed E-state index contributed by atoms with van der Waals surface area (Å²) in [6.45, 7) is 1.97. The van der Waals surface area contributed by atoms with Gasteiger partial charge in [-0.3, -0.25) is 0 Å². The first-order chi connectivity index (χ1) is 8.22. The van der Waals surface area contributed by atoms with Gasteiger partial charge in [-0.2, -0.15) is 0 Å². The van der Waals surface area contributed by atoms with E-state index in [0.717, 1.165) is 25.9 Å². The SMILES string of the molecule is CSc1ccc(CC2CCNCC2)c(F)c1F. The lowest BCUT2D eigenvalue weighted by Gasteiger charge is -2.22. The van der Waals surface area contributed by atoms with E-state index in [1.165, 1.54) is 11.8 Å². The van der Waals surface area contributed by atoms with Gasteiger partial charge in [-0.05, 0) is 56.2 Å². The molecule has 1 heterocycles. The zero-order valence-corrected chi connectivity index (χ0v) is 10.7. The molecule has 17 heavy (non-hydrogen) atoms. The van der Waals surface area contributed by atoms with E-state index in [9.17, 15) is 8.78 Å². The number of hydrogen-bond acceptors (Lipinski definition) is 2. The molecule has 94 valence electrons. The molecule has 2 rings (SSSR count). The Morgan fingerprint density at radius 2 is 1.94 bits per heavy atom. The molecule has 1 nitrogen and oxygen atoms in total. The van der Waals surface area contributed by atoms with Gasteiger partial charge >= 0.3 is 0 Å². The Hall–Kier alpha value is -0.610. The molecule has 1 fully saturated rings. The highest BCUT2D eigenvalue weighted by atomic mass is 32.2. The van der Waals surface area contributed by atoms with Gasteiger partial charge in [0.25, 0.3) is 0 Å². The predicted molar refractivity (Wildman–Crippen MR) is 67.4 cm³/mol. The quantitative estimate of drug-likeness (QED) is 0.834. The average Bonchev–Trinajstić information content (AvgIpc) is 2.37. The van der Waals surface area contributed by atoms with Crippen molar-refractivity contribution in [2.45, 2.75) is 24.2 Å². The number of hydrogen-bond donors (Lipinski definition) is 1. The van der Waals surface area contributed by atoms with E-state index in [1.807, 2.05) is 0 Å². The highest BCUT2D eigenvalue weighted by Gasteiger charge is 2.18. The van der Waals surface area contributed by atoms with Crippen LogP contribution in [0, 0.1) is 17.6 Å². The lowest BCUT2D eigenvalue weighted by atomic mass is 9.91. The fraction of sp³-hybridized carbons (Fsp3) is 0.538. The molecule has 1 aliphatic heterocycles. The predicted octanol–water partition coefficient (Wildman–Crippen LogP) is 3.23. The molecule has 0 amide bonds. The van der Waals surface area contributed by atoms with Gasteiger partial charge in [-0.15, -0.1) is 11.8 Å². The van der Waals surface area contributed by atoms with Gasteiger partial charge in [0, 0.05) is 4.90 Å². The van der Waals surface area contributed by atoms with Gasteiger partial charge in [0.2, 0.25) is 0 Å². The lowest BCUT2D eigenvalue weighted by Crippen LogP contribution is -2.28. The summed E-state index contributed by atoms with van der Waals surface area (Å²) in [5.74, 6) is -0.871. The average molecular weight is 257 g/mol. The molecular weight excluding hydrogens is 240 g/mol. The Bertz CT molecular complexity index is 389. The molecule has 0 saturated carbocycles. The molecule has 1 aromatic rings. The van der Waals surface area contributed by atoms with Crippen molar-refractivity contribution in [3.8, 4) is 0 Å². The Morgan fingerprint density at radius 1 is 1.24 bits per heavy atom. The summed E-state index contributed by atoms with van der Waals surface area (Å²) in [5, 5.41) is 3.27. The van der Waals surface area contributed by atoms with Crippen molar-refractivity contribution < 1.29 is 8.78 Å². The van der Waals surface area contributed by atoms with Crippen LogP contribution >= 0.6 is 11.8 Å². The second kappa shape index (κ2) is 5.83. The standard InChI is InChI=1S/C13H17F2NS/c1-17-11-3-2-10(12(14)13(11)15)8-9-4-6-16-7-5-9/h2-3,9,16H,4-8H2,1H3. The number of benzene rings is 1. The minimum Gasteiger partial charge on any atom is -0.317 e. The van der Waals surface area contributed by atoms with Gasteiger partial charge in [-0.1, -0.05) is 6.07 Å². The molecule has 0 radical (unpaired) electrons. The topological polar surface area (TPSA) is 12.0 Å². The monoisotopic (exact) mass is 257 g/mol. The van der Waals surface area contributed by atoms with Crippen molar-refractivity contribution in [2.75, 3.05) is 19.3 Å². The molecule has 0 aromatic heterocycles. The van der Waals surface area contributed by atoms with E-state index in [0.29, 0.717) is 22.8 Å². The van der Waals surface area contributed by atoms with Crippen molar-refractivity contribution >= 4 is 11.8 Å². The van der Waals surface area contributed by atoms with Gasteiger partial charge in [-0.25, -0.2) is 8.78 Å². The molecule has 0 atom stereocenters. The molecule has 0 spiro atoms. The minimum atomic E-state index is -0.691. The Balaban J connectivity index is 2.12. The maximum atomic E-state index is 13.8. The number of nitrogens with one attached hydrogen (secondary N) is 1. The summed E-state index contributed by atoms with van der Waals surface area (Å²) in [4.78, 5) is 0.386. The molecule has 4 heteroatoms. The van der Waals surface area contributed by atoms with E-state index < -0.39 is 11.6 Å². The molecule has 1 saturated heterocycles. The number of halogens is 2. The highest BCUT2D eigenvalue weighted by Crippen LogP contribution is 2.26. The minimum absolute atomic E-state index is 0.386. The Morgan fingerprint density at radius 3 is 2.59 bits per heavy atom. The highest BCUT2D eigenvalue weighted by molar-refractivity contribution is 7.98. The summed E-state index contributed by atoms with van der Waals surface area (Å²) in [5.41, 5.74) is 0.521. The number of piperidine rings is 1. The summed E-state index contributed by atoms with van der Waals surface area (Å²) >= 11 is 1.24. The zero-order valence-electron chi connectivity index (χ0n) is 9.93. The first-order valence-electron chi connectivity index (χ1n) is 5.94. The van der Waals surface area contributed by atoms with Crippen LogP contribution < -0.4 is 5.32 Å². The summed E-state index contributed by atoms with van der Waals surface area (Å²) < 4.78 is 27.4. The molecule has 1 aliphatic rings. The fourth-order valence-corrected chi connectivity index (χ4v) is 2.76. The normalized spacial score (nSPS) is 17.4. The summed E-state index contributed by atoms with van der Waals surface area (Å²) in [6, 6.07) is 3.41. The molecule has 0 unspecified atom stereocenters. The van der Waals surface area contributed by atoms with E-state index in [4.69, 9.17) is 0 Å². The third kappa shape index (κ3) is 2.99. The third-order valence-corrected chi connectivity index (χ3v) is 4.07. The number of thioether (sulfide) groups is 1.